The van der Waals surface area contributed by atoms with Crippen LogP contribution in [0.5, 0.6) is 0 Å². The van der Waals surface area contributed by atoms with Gasteiger partial charge in [0.15, 0.2) is 0 Å². The molecule has 0 spiro atoms. The van der Waals surface area contributed by atoms with E-state index in [2.05, 4.69) is 5.32 Å². The number of benzene rings is 2. The highest BCUT2D eigenvalue weighted by molar-refractivity contribution is 5.81. The number of alkyl halides is 3. The van der Waals surface area contributed by atoms with Crippen molar-refractivity contribution < 1.29 is 18.0 Å². The Labute approximate surface area is 161 Å². The van der Waals surface area contributed by atoms with Crippen molar-refractivity contribution >= 4 is 11.6 Å². The maximum Gasteiger partial charge on any atom is 0.417 e. The molecular weight excluding hydrogens is 367 g/mol. The Morgan fingerprint density at radius 2 is 1.89 bits per heavy atom. The van der Waals surface area contributed by atoms with Crippen molar-refractivity contribution in [3.8, 4) is 6.07 Å². The number of carbonyl (C=O) groups excluding carboxylic acids is 1. The average Bonchev–Trinajstić information content (AvgIpc) is 3.49. The molecule has 1 fully saturated rings. The summed E-state index contributed by atoms with van der Waals surface area (Å²) in [5, 5.41) is 11.8. The molecule has 2 aromatic rings. The van der Waals surface area contributed by atoms with E-state index < -0.39 is 17.3 Å². The molecule has 1 N–H and O–H groups in total. The number of amides is 1. The van der Waals surface area contributed by atoms with Crippen LogP contribution in [0.4, 0.5) is 18.9 Å². The van der Waals surface area contributed by atoms with E-state index in [1.165, 1.54) is 12.1 Å². The van der Waals surface area contributed by atoms with Gasteiger partial charge in [-0.1, -0.05) is 30.3 Å². The third-order valence-electron chi connectivity index (χ3n) is 4.64. The lowest BCUT2D eigenvalue weighted by molar-refractivity contribution is -0.137. The molecule has 7 heteroatoms. The Morgan fingerprint density at radius 3 is 2.50 bits per heavy atom. The molecule has 1 amide bonds. The molecule has 0 aromatic heterocycles. The maximum atomic E-state index is 13.3. The highest BCUT2D eigenvalue weighted by Crippen LogP contribution is 2.36. The van der Waals surface area contributed by atoms with Crippen LogP contribution in [0.2, 0.25) is 0 Å². The van der Waals surface area contributed by atoms with Gasteiger partial charge in [0.2, 0.25) is 5.91 Å². The van der Waals surface area contributed by atoms with Gasteiger partial charge in [-0.05, 0) is 42.5 Å². The van der Waals surface area contributed by atoms with E-state index >= 15 is 0 Å². The predicted molar refractivity (Wildman–Crippen MR) is 99.4 cm³/mol. The van der Waals surface area contributed by atoms with Crippen molar-refractivity contribution in [1.29, 1.82) is 5.26 Å². The molecule has 28 heavy (non-hydrogen) atoms. The minimum Gasteiger partial charge on any atom is -0.362 e. The summed E-state index contributed by atoms with van der Waals surface area (Å²) >= 11 is 0. The molecule has 3 rings (SSSR count). The molecule has 0 bridgehead atoms. The number of hydrogen-bond donors (Lipinski definition) is 1. The Hall–Kier alpha value is -3.01. The lowest BCUT2D eigenvalue weighted by Gasteiger charge is -2.25. The summed E-state index contributed by atoms with van der Waals surface area (Å²) in [7, 11) is 0. The van der Waals surface area contributed by atoms with E-state index in [1.54, 1.807) is 11.0 Å². The van der Waals surface area contributed by atoms with Crippen LogP contribution in [-0.2, 0) is 17.5 Å². The van der Waals surface area contributed by atoms with Gasteiger partial charge in [0.05, 0.1) is 23.7 Å². The summed E-state index contributed by atoms with van der Waals surface area (Å²) in [6, 6.07) is 14.6. The van der Waals surface area contributed by atoms with Crippen molar-refractivity contribution in [2.75, 3.05) is 18.0 Å². The van der Waals surface area contributed by atoms with Crippen molar-refractivity contribution in [2.45, 2.75) is 25.6 Å². The molecule has 1 saturated carbocycles. The van der Waals surface area contributed by atoms with Gasteiger partial charge in [0, 0.05) is 18.8 Å². The molecule has 4 nitrogen and oxygen atoms in total. The van der Waals surface area contributed by atoms with Crippen molar-refractivity contribution in [1.82, 2.24) is 5.32 Å². The summed E-state index contributed by atoms with van der Waals surface area (Å²) in [6.07, 6.45) is -2.61. The SMILES string of the molecule is N#Cc1ccc(N(CC(=O)NCc2ccccc2)CC2CC2)cc1C(F)(F)F. The normalized spacial score (nSPS) is 13.6. The quantitative estimate of drug-likeness (QED) is 0.778. The van der Waals surface area contributed by atoms with Gasteiger partial charge in [0.1, 0.15) is 0 Å². The number of rotatable bonds is 7. The summed E-state index contributed by atoms with van der Waals surface area (Å²) in [5.74, 6) is 0.120. The molecule has 0 saturated heterocycles. The van der Waals surface area contributed by atoms with E-state index in [9.17, 15) is 18.0 Å². The monoisotopic (exact) mass is 387 g/mol. The highest BCUT2D eigenvalue weighted by atomic mass is 19.4. The van der Waals surface area contributed by atoms with Crippen molar-refractivity contribution in [2.24, 2.45) is 5.92 Å². The second kappa shape index (κ2) is 8.34. The topological polar surface area (TPSA) is 56.1 Å². The third kappa shape index (κ3) is 5.26. The lowest BCUT2D eigenvalue weighted by Crippen LogP contribution is -2.38. The van der Waals surface area contributed by atoms with Gasteiger partial charge >= 0.3 is 6.18 Å². The van der Waals surface area contributed by atoms with Crippen LogP contribution in [0.15, 0.2) is 48.5 Å². The fourth-order valence-corrected chi connectivity index (χ4v) is 2.96. The molecule has 146 valence electrons. The van der Waals surface area contributed by atoms with Gasteiger partial charge < -0.3 is 10.2 Å². The Kier molecular flexibility index (Phi) is 5.88. The van der Waals surface area contributed by atoms with E-state index in [-0.39, 0.29) is 12.5 Å². The molecule has 2 aromatic carbocycles. The first kappa shape index (κ1) is 19.7. The standard InChI is InChI=1S/C21H20F3N3O/c22-21(23,24)19-10-18(9-8-17(19)11-25)27(13-16-6-7-16)14-20(28)26-12-15-4-2-1-3-5-15/h1-5,8-10,16H,6-7,12-14H2,(H,26,28). The molecular formula is C21H20F3N3O. The Morgan fingerprint density at radius 1 is 1.18 bits per heavy atom. The zero-order valence-corrected chi connectivity index (χ0v) is 15.2. The molecule has 1 aliphatic carbocycles. The van der Waals surface area contributed by atoms with Gasteiger partial charge in [-0.2, -0.15) is 18.4 Å². The minimum atomic E-state index is -4.62. The van der Waals surface area contributed by atoms with Crippen LogP contribution in [0, 0.1) is 17.2 Å². The van der Waals surface area contributed by atoms with Crippen LogP contribution < -0.4 is 10.2 Å². The van der Waals surface area contributed by atoms with E-state index in [1.807, 2.05) is 30.3 Å². The maximum absolute atomic E-state index is 13.3. The number of hydrogen-bond acceptors (Lipinski definition) is 3. The first-order valence-corrected chi connectivity index (χ1v) is 9.03. The predicted octanol–water partition coefficient (Wildman–Crippen LogP) is 4.11. The molecule has 0 heterocycles. The van der Waals surface area contributed by atoms with Gasteiger partial charge in [0.25, 0.3) is 0 Å². The number of nitrogens with one attached hydrogen (secondary N) is 1. The summed E-state index contributed by atoms with van der Waals surface area (Å²) < 4.78 is 39.8. The van der Waals surface area contributed by atoms with Crippen LogP contribution >= 0.6 is 0 Å². The van der Waals surface area contributed by atoms with E-state index in [0.717, 1.165) is 24.5 Å². The van der Waals surface area contributed by atoms with Crippen LogP contribution in [-0.4, -0.2) is 19.0 Å². The second-order valence-corrected chi connectivity index (χ2v) is 6.93. The average molecular weight is 387 g/mol. The number of carbonyl (C=O) groups is 1. The second-order valence-electron chi connectivity index (χ2n) is 6.93. The third-order valence-corrected chi connectivity index (χ3v) is 4.64. The number of nitriles is 1. The van der Waals surface area contributed by atoms with E-state index in [0.29, 0.717) is 24.7 Å². The van der Waals surface area contributed by atoms with Crippen LogP contribution in [0.25, 0.3) is 0 Å². The zero-order valence-electron chi connectivity index (χ0n) is 15.2. The van der Waals surface area contributed by atoms with Crippen LogP contribution in [0.3, 0.4) is 0 Å². The largest absolute Gasteiger partial charge is 0.417 e. The molecule has 0 aliphatic heterocycles. The van der Waals surface area contributed by atoms with Crippen LogP contribution in [0.1, 0.15) is 29.5 Å². The lowest BCUT2D eigenvalue weighted by atomic mass is 10.1. The van der Waals surface area contributed by atoms with Gasteiger partial charge in [-0.15, -0.1) is 0 Å². The summed E-state index contributed by atoms with van der Waals surface area (Å²) in [5.41, 5.74) is -0.149. The Bertz CT molecular complexity index is 871. The van der Waals surface area contributed by atoms with E-state index in [4.69, 9.17) is 5.26 Å². The Balaban J connectivity index is 1.74. The molecule has 0 radical (unpaired) electrons. The molecule has 0 unspecified atom stereocenters. The summed E-state index contributed by atoms with van der Waals surface area (Å²) in [4.78, 5) is 14.0. The smallest absolute Gasteiger partial charge is 0.362 e. The number of halogens is 3. The summed E-state index contributed by atoms with van der Waals surface area (Å²) in [6.45, 7) is 0.840. The minimum absolute atomic E-state index is 0.0352. The molecule has 1 aliphatic rings. The van der Waals surface area contributed by atoms with Crippen molar-refractivity contribution in [3.05, 3.63) is 65.2 Å². The highest BCUT2D eigenvalue weighted by Gasteiger charge is 2.35. The fourth-order valence-electron chi connectivity index (χ4n) is 2.96. The number of nitrogens with zero attached hydrogens (tertiary/aromatic N) is 2. The van der Waals surface area contributed by atoms with Crippen molar-refractivity contribution in [3.63, 3.8) is 0 Å². The first-order chi connectivity index (χ1) is 13.4. The van der Waals surface area contributed by atoms with Gasteiger partial charge in [-0.25, -0.2) is 0 Å². The number of anilines is 1. The first-order valence-electron chi connectivity index (χ1n) is 9.03. The fraction of sp³-hybridized carbons (Fsp3) is 0.333. The zero-order chi connectivity index (χ0) is 20.1. The molecule has 0 atom stereocenters. The van der Waals surface area contributed by atoms with Gasteiger partial charge in [-0.3, -0.25) is 4.79 Å².